The van der Waals surface area contributed by atoms with Crippen molar-refractivity contribution in [3.8, 4) is 0 Å². The van der Waals surface area contributed by atoms with Gasteiger partial charge in [0.15, 0.2) is 0 Å². The number of hydrogen-bond acceptors (Lipinski definition) is 2. The molecule has 0 spiro atoms. The summed E-state index contributed by atoms with van der Waals surface area (Å²) < 4.78 is 0. The number of piperidine rings is 1. The second-order valence-corrected chi connectivity index (χ2v) is 6.52. The molecule has 1 heterocycles. The molecule has 1 unspecified atom stereocenters. The molecule has 106 valence electrons. The summed E-state index contributed by atoms with van der Waals surface area (Å²) in [5.74, 6) is 0.515. The van der Waals surface area contributed by atoms with E-state index in [-0.39, 0.29) is 23.7 Å². The second kappa shape index (κ2) is 6.25. The van der Waals surface area contributed by atoms with E-state index < -0.39 is 0 Å². The molecular formula is C14H27ClN2O. The van der Waals surface area contributed by atoms with E-state index in [1.165, 1.54) is 12.8 Å². The average molecular weight is 275 g/mol. The van der Waals surface area contributed by atoms with Crippen LogP contribution in [-0.2, 0) is 4.79 Å². The van der Waals surface area contributed by atoms with Crippen molar-refractivity contribution in [1.29, 1.82) is 0 Å². The Kier molecular flexibility index (Phi) is 5.47. The van der Waals surface area contributed by atoms with Gasteiger partial charge in [-0.05, 0) is 44.6 Å². The molecule has 2 N–H and O–H groups in total. The van der Waals surface area contributed by atoms with Crippen LogP contribution in [0.1, 0.15) is 52.9 Å². The molecule has 18 heavy (non-hydrogen) atoms. The highest BCUT2D eigenvalue weighted by Crippen LogP contribution is 2.37. The molecule has 1 amide bonds. The predicted molar refractivity (Wildman–Crippen MR) is 77.0 cm³/mol. The molecule has 4 heteroatoms. The van der Waals surface area contributed by atoms with Gasteiger partial charge < -0.3 is 10.6 Å². The van der Waals surface area contributed by atoms with Gasteiger partial charge in [-0.3, -0.25) is 4.79 Å². The fourth-order valence-electron chi connectivity index (χ4n) is 3.25. The normalized spacial score (nSPS) is 34.7. The van der Waals surface area contributed by atoms with Crippen LogP contribution < -0.4 is 10.6 Å². The Balaban J connectivity index is 0.00000162. The van der Waals surface area contributed by atoms with Crippen LogP contribution in [0.15, 0.2) is 0 Å². The number of halogens is 1. The molecule has 2 rings (SSSR count). The van der Waals surface area contributed by atoms with Crippen LogP contribution >= 0.6 is 12.4 Å². The van der Waals surface area contributed by atoms with Crippen molar-refractivity contribution in [3.63, 3.8) is 0 Å². The van der Waals surface area contributed by atoms with Crippen LogP contribution in [0.2, 0.25) is 0 Å². The number of rotatable bonds is 2. The Labute approximate surface area is 117 Å². The van der Waals surface area contributed by atoms with Crippen molar-refractivity contribution >= 4 is 18.3 Å². The fourth-order valence-corrected chi connectivity index (χ4v) is 3.25. The summed E-state index contributed by atoms with van der Waals surface area (Å²) in [6.07, 6.45) is 5.61. The summed E-state index contributed by atoms with van der Waals surface area (Å²) in [5, 5.41) is 6.69. The maximum Gasteiger partial charge on any atom is 0.223 e. The molecule has 0 radical (unpaired) electrons. The van der Waals surface area contributed by atoms with E-state index in [2.05, 4.69) is 31.4 Å². The maximum absolute atomic E-state index is 12.2. The molecule has 3 nitrogen and oxygen atoms in total. The lowest BCUT2D eigenvalue weighted by atomic mass is 9.86. The van der Waals surface area contributed by atoms with Crippen LogP contribution in [0.3, 0.4) is 0 Å². The van der Waals surface area contributed by atoms with Crippen LogP contribution in [0, 0.1) is 11.3 Å². The Morgan fingerprint density at radius 2 is 2.06 bits per heavy atom. The van der Waals surface area contributed by atoms with Crippen molar-refractivity contribution in [2.75, 3.05) is 6.54 Å². The number of hydrogen-bond donors (Lipinski definition) is 2. The second-order valence-electron chi connectivity index (χ2n) is 6.52. The highest BCUT2D eigenvalue weighted by atomic mass is 35.5. The van der Waals surface area contributed by atoms with E-state index in [0.717, 1.165) is 25.8 Å². The van der Waals surface area contributed by atoms with Gasteiger partial charge in [0.1, 0.15) is 0 Å². The SMILES string of the molecule is C[C@H]1C[C@@H](C(=O)NC2CCCC2(C)C)CCN1.Cl. The topological polar surface area (TPSA) is 41.1 Å². The van der Waals surface area contributed by atoms with Crippen LogP contribution in [0.4, 0.5) is 0 Å². The number of amides is 1. The van der Waals surface area contributed by atoms with Gasteiger partial charge in [0.05, 0.1) is 0 Å². The molecule has 1 aliphatic carbocycles. The van der Waals surface area contributed by atoms with Crippen molar-refractivity contribution in [1.82, 2.24) is 10.6 Å². The maximum atomic E-state index is 12.2. The van der Waals surface area contributed by atoms with E-state index in [1.54, 1.807) is 0 Å². The van der Waals surface area contributed by atoms with Crippen molar-refractivity contribution in [2.45, 2.75) is 65.0 Å². The lowest BCUT2D eigenvalue weighted by Gasteiger charge is -2.32. The lowest BCUT2D eigenvalue weighted by Crippen LogP contribution is -2.47. The third kappa shape index (κ3) is 3.61. The first-order valence-corrected chi connectivity index (χ1v) is 7.03. The standard InChI is InChI=1S/C14H26N2O.ClH/c1-10-9-11(6-8-15-10)13(17)16-12-5-4-7-14(12,2)3;/h10-12,15H,4-9H2,1-3H3,(H,16,17);1H/t10-,11-,12?;/m0./s1. The van der Waals surface area contributed by atoms with E-state index in [1.807, 2.05) is 0 Å². The van der Waals surface area contributed by atoms with E-state index in [0.29, 0.717) is 18.0 Å². The zero-order valence-electron chi connectivity index (χ0n) is 11.8. The van der Waals surface area contributed by atoms with Crippen LogP contribution in [-0.4, -0.2) is 24.5 Å². The van der Waals surface area contributed by atoms with Gasteiger partial charge in [-0.15, -0.1) is 12.4 Å². The lowest BCUT2D eigenvalue weighted by molar-refractivity contribution is -0.127. The summed E-state index contributed by atoms with van der Waals surface area (Å²) >= 11 is 0. The summed E-state index contributed by atoms with van der Waals surface area (Å²) in [6.45, 7) is 7.69. The Bertz CT molecular complexity index is 294. The number of carbonyl (C=O) groups excluding carboxylic acids is 1. The third-order valence-electron chi connectivity index (χ3n) is 4.57. The molecular weight excluding hydrogens is 248 g/mol. The molecule has 1 aliphatic heterocycles. The number of carbonyl (C=O) groups is 1. The molecule has 0 bridgehead atoms. The first-order valence-electron chi connectivity index (χ1n) is 7.03. The van der Waals surface area contributed by atoms with Gasteiger partial charge in [-0.1, -0.05) is 20.3 Å². The molecule has 1 saturated carbocycles. The minimum atomic E-state index is 0. The summed E-state index contributed by atoms with van der Waals surface area (Å²) in [6, 6.07) is 0.872. The van der Waals surface area contributed by atoms with Gasteiger partial charge in [-0.25, -0.2) is 0 Å². The van der Waals surface area contributed by atoms with Gasteiger partial charge in [0, 0.05) is 18.0 Å². The average Bonchev–Trinajstić information content (AvgIpc) is 2.58. The third-order valence-corrected chi connectivity index (χ3v) is 4.57. The predicted octanol–water partition coefficient (Wildman–Crippen LogP) is 2.49. The molecule has 1 saturated heterocycles. The smallest absolute Gasteiger partial charge is 0.223 e. The Morgan fingerprint density at radius 3 is 2.61 bits per heavy atom. The Morgan fingerprint density at radius 1 is 1.33 bits per heavy atom. The quantitative estimate of drug-likeness (QED) is 0.812. The molecule has 3 atom stereocenters. The van der Waals surface area contributed by atoms with Crippen LogP contribution in [0.25, 0.3) is 0 Å². The minimum absolute atomic E-state index is 0. The summed E-state index contributed by atoms with van der Waals surface area (Å²) in [5.41, 5.74) is 0.286. The highest BCUT2D eigenvalue weighted by molar-refractivity contribution is 5.85. The van der Waals surface area contributed by atoms with Gasteiger partial charge in [0.25, 0.3) is 0 Å². The van der Waals surface area contributed by atoms with E-state index in [4.69, 9.17) is 0 Å². The van der Waals surface area contributed by atoms with Crippen molar-refractivity contribution in [3.05, 3.63) is 0 Å². The molecule has 2 fully saturated rings. The minimum Gasteiger partial charge on any atom is -0.353 e. The molecule has 0 aromatic carbocycles. The first kappa shape index (κ1) is 15.8. The largest absolute Gasteiger partial charge is 0.353 e. The van der Waals surface area contributed by atoms with E-state index in [9.17, 15) is 4.79 Å². The Hall–Kier alpha value is -0.280. The highest BCUT2D eigenvalue weighted by Gasteiger charge is 2.36. The summed E-state index contributed by atoms with van der Waals surface area (Å²) in [4.78, 5) is 12.2. The summed E-state index contributed by atoms with van der Waals surface area (Å²) in [7, 11) is 0. The van der Waals surface area contributed by atoms with Crippen LogP contribution in [0.5, 0.6) is 0 Å². The van der Waals surface area contributed by atoms with Crippen molar-refractivity contribution < 1.29 is 4.79 Å². The molecule has 0 aromatic rings. The fraction of sp³-hybridized carbons (Fsp3) is 0.929. The first-order chi connectivity index (χ1) is 7.99. The van der Waals surface area contributed by atoms with Gasteiger partial charge in [0.2, 0.25) is 5.91 Å². The zero-order valence-corrected chi connectivity index (χ0v) is 12.6. The molecule has 0 aromatic heterocycles. The number of nitrogens with one attached hydrogen (secondary N) is 2. The zero-order chi connectivity index (χ0) is 12.5. The van der Waals surface area contributed by atoms with Gasteiger partial charge in [-0.2, -0.15) is 0 Å². The van der Waals surface area contributed by atoms with E-state index >= 15 is 0 Å². The van der Waals surface area contributed by atoms with Gasteiger partial charge >= 0.3 is 0 Å². The molecule has 2 aliphatic rings. The monoisotopic (exact) mass is 274 g/mol. The van der Waals surface area contributed by atoms with Crippen molar-refractivity contribution in [2.24, 2.45) is 11.3 Å².